The van der Waals surface area contributed by atoms with Crippen molar-refractivity contribution in [1.29, 1.82) is 0 Å². The third kappa shape index (κ3) is 45.3. The Bertz CT molecular complexity index is 870. The van der Waals surface area contributed by atoms with Gasteiger partial charge in [-0.3, -0.25) is 14.4 Å². The smallest absolute Gasteiger partial charge is 0.306 e. The number of rotatable bonds is 45. The van der Waals surface area contributed by atoms with Crippen molar-refractivity contribution in [3.8, 4) is 0 Å². The Kier molecular flexibility index (Phi) is 42.7. The van der Waals surface area contributed by atoms with Gasteiger partial charge in [-0.05, 0) is 31.1 Å². The first-order valence-electron chi connectivity index (χ1n) is 25.2. The van der Waals surface area contributed by atoms with Gasteiger partial charge in [0, 0.05) is 19.3 Å². The fourth-order valence-corrected chi connectivity index (χ4v) is 7.64. The molecule has 0 saturated heterocycles. The van der Waals surface area contributed by atoms with E-state index in [2.05, 4.69) is 34.6 Å². The Morgan fingerprint density at radius 1 is 0.333 bits per heavy atom. The van der Waals surface area contributed by atoms with Gasteiger partial charge < -0.3 is 14.2 Å². The highest BCUT2D eigenvalue weighted by atomic mass is 16.6. The molecule has 0 aliphatic carbocycles. The van der Waals surface area contributed by atoms with Crippen LogP contribution >= 0.6 is 0 Å². The average Bonchev–Trinajstić information content (AvgIpc) is 3.18. The molecule has 0 aromatic carbocycles. The van der Waals surface area contributed by atoms with Gasteiger partial charge in [0.25, 0.3) is 0 Å². The maximum absolute atomic E-state index is 12.7. The summed E-state index contributed by atoms with van der Waals surface area (Å²) >= 11 is 0. The summed E-state index contributed by atoms with van der Waals surface area (Å²) in [6.07, 6.45) is 43.8. The van der Waals surface area contributed by atoms with Crippen molar-refractivity contribution in [3.63, 3.8) is 0 Å². The Labute approximate surface area is 355 Å². The third-order valence-corrected chi connectivity index (χ3v) is 11.5. The van der Waals surface area contributed by atoms with Gasteiger partial charge >= 0.3 is 17.9 Å². The van der Waals surface area contributed by atoms with Crippen molar-refractivity contribution in [2.45, 2.75) is 285 Å². The van der Waals surface area contributed by atoms with E-state index in [-0.39, 0.29) is 31.1 Å². The van der Waals surface area contributed by atoms with Crippen molar-refractivity contribution in [3.05, 3.63) is 0 Å². The van der Waals surface area contributed by atoms with Crippen LogP contribution in [0.15, 0.2) is 0 Å². The number of hydrogen-bond acceptors (Lipinski definition) is 6. The minimum atomic E-state index is -0.762. The summed E-state index contributed by atoms with van der Waals surface area (Å²) in [5.41, 5.74) is 0. The van der Waals surface area contributed by atoms with E-state index in [0.717, 1.165) is 69.6 Å². The predicted molar refractivity (Wildman–Crippen MR) is 243 cm³/mol. The molecule has 6 nitrogen and oxygen atoms in total. The molecule has 0 aliphatic heterocycles. The van der Waals surface area contributed by atoms with E-state index in [0.29, 0.717) is 19.3 Å². The molecule has 338 valence electrons. The highest BCUT2D eigenvalue weighted by Gasteiger charge is 2.19. The van der Waals surface area contributed by atoms with E-state index < -0.39 is 6.10 Å². The lowest BCUT2D eigenvalue weighted by atomic mass is 10.0. The average molecular weight is 807 g/mol. The zero-order valence-corrected chi connectivity index (χ0v) is 39.0. The fraction of sp³-hybridized carbons (Fsp3) is 0.941. The van der Waals surface area contributed by atoms with Gasteiger partial charge in [0.15, 0.2) is 6.10 Å². The highest BCUT2D eigenvalue weighted by molar-refractivity contribution is 5.71. The monoisotopic (exact) mass is 807 g/mol. The molecule has 0 aromatic rings. The maximum Gasteiger partial charge on any atom is 0.306 e. The van der Waals surface area contributed by atoms with Gasteiger partial charge in [-0.25, -0.2) is 0 Å². The zero-order chi connectivity index (χ0) is 41.9. The topological polar surface area (TPSA) is 78.9 Å². The summed E-state index contributed by atoms with van der Waals surface area (Å²) in [6.45, 7) is 11.3. The van der Waals surface area contributed by atoms with Crippen LogP contribution in [-0.4, -0.2) is 37.2 Å². The predicted octanol–water partition coefficient (Wildman–Crippen LogP) is 16.1. The zero-order valence-electron chi connectivity index (χ0n) is 39.0. The molecule has 0 saturated carbocycles. The second kappa shape index (κ2) is 44.0. The Hall–Kier alpha value is -1.59. The lowest BCUT2D eigenvalue weighted by Crippen LogP contribution is -2.30. The molecule has 0 aromatic heterocycles. The van der Waals surface area contributed by atoms with E-state index in [1.807, 2.05) is 0 Å². The number of esters is 3. The molecular formula is C51H98O6. The van der Waals surface area contributed by atoms with Gasteiger partial charge in [0.2, 0.25) is 0 Å². The first-order valence-corrected chi connectivity index (χ1v) is 25.2. The van der Waals surface area contributed by atoms with E-state index >= 15 is 0 Å². The van der Waals surface area contributed by atoms with Crippen molar-refractivity contribution in [2.75, 3.05) is 13.2 Å². The van der Waals surface area contributed by atoms with Crippen LogP contribution < -0.4 is 0 Å². The van der Waals surface area contributed by atoms with E-state index in [1.165, 1.54) is 167 Å². The summed E-state index contributed by atoms with van der Waals surface area (Å²) in [5, 5.41) is 0. The molecule has 0 unspecified atom stereocenters. The number of carbonyl (C=O) groups excluding carboxylic acids is 3. The molecular weight excluding hydrogens is 709 g/mol. The van der Waals surface area contributed by atoms with Crippen LogP contribution in [0.1, 0.15) is 279 Å². The second-order valence-corrected chi connectivity index (χ2v) is 18.4. The molecule has 0 rings (SSSR count). The first-order chi connectivity index (χ1) is 27.7. The lowest BCUT2D eigenvalue weighted by Gasteiger charge is -2.18. The van der Waals surface area contributed by atoms with Crippen LogP contribution in [0.25, 0.3) is 0 Å². The van der Waals surface area contributed by atoms with E-state index in [4.69, 9.17) is 14.2 Å². The van der Waals surface area contributed by atoms with Crippen LogP contribution in [0.3, 0.4) is 0 Å². The number of ether oxygens (including phenoxy) is 3. The SMILES string of the molecule is CCCCCCCCCCCCCCCCCCC(=O)OC[C@H](COC(=O)CCCCCCCCCCCC(C)C)OC(=O)CCCCCCCCCCC(C)C. The fourth-order valence-electron chi connectivity index (χ4n) is 7.64. The third-order valence-electron chi connectivity index (χ3n) is 11.5. The van der Waals surface area contributed by atoms with Crippen LogP contribution in [0, 0.1) is 11.8 Å². The quantitative estimate of drug-likeness (QED) is 0.0346. The minimum absolute atomic E-state index is 0.0645. The van der Waals surface area contributed by atoms with E-state index in [9.17, 15) is 14.4 Å². The van der Waals surface area contributed by atoms with Crippen molar-refractivity contribution < 1.29 is 28.6 Å². The molecule has 0 heterocycles. The number of unbranched alkanes of at least 4 members (excludes halogenated alkanes) is 30. The molecule has 0 fully saturated rings. The van der Waals surface area contributed by atoms with E-state index in [1.54, 1.807) is 0 Å². The number of hydrogen-bond donors (Lipinski definition) is 0. The van der Waals surface area contributed by atoms with Gasteiger partial charge in [-0.15, -0.1) is 0 Å². The van der Waals surface area contributed by atoms with Gasteiger partial charge in [0.1, 0.15) is 13.2 Å². The highest BCUT2D eigenvalue weighted by Crippen LogP contribution is 2.17. The molecule has 0 aliphatic rings. The molecule has 0 bridgehead atoms. The molecule has 0 N–H and O–H groups in total. The minimum Gasteiger partial charge on any atom is -0.462 e. The Morgan fingerprint density at radius 3 is 0.860 bits per heavy atom. The number of carbonyl (C=O) groups is 3. The summed E-state index contributed by atoms with van der Waals surface area (Å²) in [7, 11) is 0. The molecule has 6 heteroatoms. The van der Waals surface area contributed by atoms with Gasteiger partial charge in [0.05, 0.1) is 0 Å². The molecule has 0 spiro atoms. The summed E-state index contributed by atoms with van der Waals surface area (Å²) in [5.74, 6) is 0.749. The van der Waals surface area contributed by atoms with Crippen molar-refractivity contribution in [1.82, 2.24) is 0 Å². The van der Waals surface area contributed by atoms with Crippen LogP contribution in [-0.2, 0) is 28.6 Å². The summed E-state index contributed by atoms with van der Waals surface area (Å²) < 4.78 is 16.8. The largest absolute Gasteiger partial charge is 0.462 e. The molecule has 0 radical (unpaired) electrons. The Morgan fingerprint density at radius 2 is 0.579 bits per heavy atom. The van der Waals surface area contributed by atoms with Crippen LogP contribution in [0.4, 0.5) is 0 Å². The van der Waals surface area contributed by atoms with Gasteiger partial charge in [-0.2, -0.15) is 0 Å². The van der Waals surface area contributed by atoms with Gasteiger partial charge in [-0.1, -0.05) is 240 Å². The standard InChI is InChI=1S/C51H98O6/c1-6-7-8-9-10-11-12-13-14-15-16-17-20-26-31-36-41-49(52)55-44-48(57-51(54)43-38-33-28-23-22-25-30-35-40-47(4)5)45-56-50(53)42-37-32-27-21-18-19-24-29-34-39-46(2)3/h46-48H,6-45H2,1-5H3/t48-/m1/s1. The maximum atomic E-state index is 12.7. The molecule has 57 heavy (non-hydrogen) atoms. The normalized spacial score (nSPS) is 12.1. The summed E-state index contributed by atoms with van der Waals surface area (Å²) in [4.78, 5) is 37.9. The second-order valence-electron chi connectivity index (χ2n) is 18.4. The van der Waals surface area contributed by atoms with Crippen molar-refractivity contribution in [2.24, 2.45) is 11.8 Å². The Balaban J connectivity index is 4.29. The summed E-state index contributed by atoms with van der Waals surface area (Å²) in [6, 6.07) is 0. The van der Waals surface area contributed by atoms with Crippen LogP contribution in [0.5, 0.6) is 0 Å². The molecule has 1 atom stereocenters. The van der Waals surface area contributed by atoms with Crippen molar-refractivity contribution >= 4 is 17.9 Å². The first kappa shape index (κ1) is 55.4. The molecule has 0 amide bonds. The lowest BCUT2D eigenvalue weighted by molar-refractivity contribution is -0.167. The van der Waals surface area contributed by atoms with Crippen LogP contribution in [0.2, 0.25) is 0 Å².